The first-order valence-electron chi connectivity index (χ1n) is 9.46. The molecule has 0 radical (unpaired) electrons. The number of carbonyl (C=O) groups excluding carboxylic acids is 1. The molecular weight excluding hydrogens is 436 g/mol. The molecule has 2 aromatic carbocycles. The third-order valence-electron chi connectivity index (χ3n) is 4.45. The molecule has 0 aliphatic carbocycles. The van der Waals surface area contributed by atoms with Crippen LogP contribution < -0.4 is 14.8 Å². The fourth-order valence-electron chi connectivity index (χ4n) is 2.65. The molecular formula is C21H24N4O4S2. The maximum Gasteiger partial charge on any atom is 0.286 e. The van der Waals surface area contributed by atoms with Crippen LogP contribution in [0, 0.1) is 0 Å². The first kappa shape index (κ1) is 22.9. The summed E-state index contributed by atoms with van der Waals surface area (Å²) in [7, 11) is -2.15. The Morgan fingerprint density at radius 1 is 1.03 bits per heavy atom. The molecule has 1 amide bonds. The number of hydrogen-bond acceptors (Lipinski definition) is 7. The van der Waals surface area contributed by atoms with E-state index >= 15 is 0 Å². The molecule has 1 aromatic heterocycles. The van der Waals surface area contributed by atoms with E-state index in [-0.39, 0.29) is 21.9 Å². The zero-order valence-corrected chi connectivity index (χ0v) is 19.3. The number of nitrogens with one attached hydrogen (secondary N) is 2. The van der Waals surface area contributed by atoms with Crippen molar-refractivity contribution in [3.8, 4) is 5.75 Å². The van der Waals surface area contributed by atoms with Gasteiger partial charge < -0.3 is 10.1 Å². The quantitative estimate of drug-likeness (QED) is 0.558. The van der Waals surface area contributed by atoms with Gasteiger partial charge in [-0.15, -0.1) is 10.2 Å². The minimum atomic E-state index is -3.71. The molecule has 0 saturated heterocycles. The van der Waals surface area contributed by atoms with Crippen molar-refractivity contribution in [1.82, 2.24) is 14.9 Å². The number of sulfonamides is 1. The molecule has 0 spiro atoms. The SMILES string of the molecule is COc1ccc(NC(=O)c2nnc(CNS(=O)(=O)c3ccc(C(C)(C)C)cc3)s2)cc1. The Hall–Kier alpha value is -2.82. The summed E-state index contributed by atoms with van der Waals surface area (Å²) in [6, 6.07) is 13.6. The Morgan fingerprint density at radius 3 is 2.26 bits per heavy atom. The van der Waals surface area contributed by atoms with Gasteiger partial charge in [0.25, 0.3) is 5.91 Å². The van der Waals surface area contributed by atoms with Crippen molar-refractivity contribution < 1.29 is 17.9 Å². The van der Waals surface area contributed by atoms with Gasteiger partial charge >= 0.3 is 0 Å². The normalized spacial score (nSPS) is 11.9. The number of ether oxygens (including phenoxy) is 1. The summed E-state index contributed by atoms with van der Waals surface area (Å²) in [6.07, 6.45) is 0. The van der Waals surface area contributed by atoms with Crippen LogP contribution in [0.25, 0.3) is 0 Å². The van der Waals surface area contributed by atoms with Crippen molar-refractivity contribution in [2.24, 2.45) is 0 Å². The van der Waals surface area contributed by atoms with E-state index in [0.29, 0.717) is 16.4 Å². The van der Waals surface area contributed by atoms with Gasteiger partial charge in [0.1, 0.15) is 10.8 Å². The molecule has 8 nitrogen and oxygen atoms in total. The van der Waals surface area contributed by atoms with Gasteiger partial charge in [-0.2, -0.15) is 0 Å². The molecule has 2 N–H and O–H groups in total. The summed E-state index contributed by atoms with van der Waals surface area (Å²) in [6.45, 7) is 6.13. The number of rotatable bonds is 7. The first-order valence-corrected chi connectivity index (χ1v) is 11.8. The van der Waals surface area contributed by atoms with Crippen LogP contribution in [-0.2, 0) is 22.0 Å². The van der Waals surface area contributed by atoms with Gasteiger partial charge in [0.2, 0.25) is 15.0 Å². The van der Waals surface area contributed by atoms with E-state index in [0.717, 1.165) is 16.9 Å². The van der Waals surface area contributed by atoms with Crippen molar-refractivity contribution in [2.45, 2.75) is 37.6 Å². The number of benzene rings is 2. The number of methoxy groups -OCH3 is 1. The van der Waals surface area contributed by atoms with Crippen LogP contribution >= 0.6 is 11.3 Å². The van der Waals surface area contributed by atoms with E-state index in [4.69, 9.17) is 4.74 Å². The van der Waals surface area contributed by atoms with Crippen LogP contribution in [-0.4, -0.2) is 31.6 Å². The topological polar surface area (TPSA) is 110 Å². The smallest absolute Gasteiger partial charge is 0.286 e. The Bertz CT molecular complexity index is 1150. The van der Waals surface area contributed by atoms with Gasteiger partial charge in [-0.1, -0.05) is 44.2 Å². The largest absolute Gasteiger partial charge is 0.497 e. The average molecular weight is 461 g/mol. The van der Waals surface area contributed by atoms with Crippen molar-refractivity contribution >= 4 is 33.0 Å². The first-order chi connectivity index (χ1) is 14.6. The molecule has 10 heteroatoms. The van der Waals surface area contributed by atoms with Crippen LogP contribution in [0.5, 0.6) is 5.75 Å². The molecule has 0 atom stereocenters. The number of hydrogen-bond donors (Lipinski definition) is 2. The standard InChI is InChI=1S/C21H24N4O4S2/c1-21(2,3)14-5-11-17(12-6-14)31(27,28)22-13-18-24-25-20(30-18)19(26)23-15-7-9-16(29-4)10-8-15/h5-12,22H,13H2,1-4H3,(H,23,26). The molecule has 0 saturated carbocycles. The summed E-state index contributed by atoms with van der Waals surface area (Å²) in [5, 5.41) is 11.0. The Labute approximate surface area is 185 Å². The van der Waals surface area contributed by atoms with Crippen molar-refractivity contribution in [2.75, 3.05) is 12.4 Å². The van der Waals surface area contributed by atoms with Crippen LogP contribution in [0.4, 0.5) is 5.69 Å². The third kappa shape index (κ3) is 5.87. The van der Waals surface area contributed by atoms with Gasteiger partial charge in [0.15, 0.2) is 0 Å². The van der Waals surface area contributed by atoms with Gasteiger partial charge in [-0.05, 0) is 47.4 Å². The van der Waals surface area contributed by atoms with E-state index in [1.807, 2.05) is 0 Å². The zero-order valence-electron chi connectivity index (χ0n) is 17.7. The van der Waals surface area contributed by atoms with E-state index < -0.39 is 15.9 Å². The van der Waals surface area contributed by atoms with Crippen LogP contribution in [0.15, 0.2) is 53.4 Å². The lowest BCUT2D eigenvalue weighted by Gasteiger charge is -2.19. The van der Waals surface area contributed by atoms with Gasteiger partial charge in [-0.3, -0.25) is 4.79 Å². The second-order valence-corrected chi connectivity index (χ2v) is 10.6. The molecule has 0 aliphatic rings. The Morgan fingerprint density at radius 2 is 1.68 bits per heavy atom. The minimum absolute atomic E-state index is 0.0587. The predicted octanol–water partition coefficient (Wildman–Crippen LogP) is 3.58. The lowest BCUT2D eigenvalue weighted by atomic mass is 9.87. The minimum Gasteiger partial charge on any atom is -0.497 e. The number of nitrogens with zero attached hydrogens (tertiary/aromatic N) is 2. The lowest BCUT2D eigenvalue weighted by Crippen LogP contribution is -2.23. The fourth-order valence-corrected chi connectivity index (χ4v) is 4.40. The molecule has 164 valence electrons. The second-order valence-electron chi connectivity index (χ2n) is 7.78. The molecule has 3 rings (SSSR count). The highest BCUT2D eigenvalue weighted by Crippen LogP contribution is 2.23. The number of amides is 1. The number of anilines is 1. The number of carbonyl (C=O) groups is 1. The summed E-state index contributed by atoms with van der Waals surface area (Å²) in [4.78, 5) is 12.5. The van der Waals surface area contributed by atoms with E-state index in [1.54, 1.807) is 55.6 Å². The molecule has 31 heavy (non-hydrogen) atoms. The van der Waals surface area contributed by atoms with Crippen molar-refractivity contribution in [1.29, 1.82) is 0 Å². The lowest BCUT2D eigenvalue weighted by molar-refractivity contribution is 0.102. The van der Waals surface area contributed by atoms with Gasteiger partial charge in [0, 0.05) is 5.69 Å². The van der Waals surface area contributed by atoms with Crippen molar-refractivity contribution in [3.05, 3.63) is 64.1 Å². The highest BCUT2D eigenvalue weighted by molar-refractivity contribution is 7.89. The maximum atomic E-state index is 12.6. The van der Waals surface area contributed by atoms with Crippen LogP contribution in [0.2, 0.25) is 0 Å². The highest BCUT2D eigenvalue weighted by Gasteiger charge is 2.19. The average Bonchev–Trinajstić information content (AvgIpc) is 3.22. The summed E-state index contributed by atoms with van der Waals surface area (Å²) >= 11 is 1.02. The highest BCUT2D eigenvalue weighted by atomic mass is 32.2. The van der Waals surface area contributed by atoms with Crippen LogP contribution in [0.1, 0.15) is 41.1 Å². The summed E-state index contributed by atoms with van der Waals surface area (Å²) in [5.74, 6) is 0.256. The predicted molar refractivity (Wildman–Crippen MR) is 120 cm³/mol. The van der Waals surface area contributed by atoms with Gasteiger partial charge in [0.05, 0.1) is 18.6 Å². The van der Waals surface area contributed by atoms with E-state index in [9.17, 15) is 13.2 Å². The molecule has 0 unspecified atom stereocenters. The second kappa shape index (κ2) is 9.13. The van der Waals surface area contributed by atoms with E-state index in [2.05, 4.69) is 41.0 Å². The molecule has 0 fully saturated rings. The molecule has 0 bridgehead atoms. The Balaban J connectivity index is 1.61. The third-order valence-corrected chi connectivity index (χ3v) is 6.79. The van der Waals surface area contributed by atoms with Crippen LogP contribution in [0.3, 0.4) is 0 Å². The molecule has 0 aliphatic heterocycles. The Kier molecular flexibility index (Phi) is 6.73. The number of aromatic nitrogens is 2. The van der Waals surface area contributed by atoms with Gasteiger partial charge in [-0.25, -0.2) is 13.1 Å². The summed E-state index contributed by atoms with van der Waals surface area (Å²) < 4.78 is 32.7. The summed E-state index contributed by atoms with van der Waals surface area (Å²) in [5.41, 5.74) is 1.57. The monoisotopic (exact) mass is 460 g/mol. The molecule has 3 aromatic rings. The van der Waals surface area contributed by atoms with Crippen molar-refractivity contribution in [3.63, 3.8) is 0 Å². The maximum absolute atomic E-state index is 12.6. The molecule has 1 heterocycles. The zero-order chi connectivity index (χ0) is 22.6. The fraction of sp³-hybridized carbons (Fsp3) is 0.286. The van der Waals surface area contributed by atoms with E-state index in [1.165, 1.54) is 0 Å².